The lowest BCUT2D eigenvalue weighted by atomic mass is 10.0. The molecule has 2 aliphatic heterocycles. The molecule has 3 atom stereocenters. The molecule has 3 unspecified atom stereocenters. The fourth-order valence-electron chi connectivity index (χ4n) is 8.59. The minimum absolute atomic E-state index is 0.162. The van der Waals surface area contributed by atoms with Crippen LogP contribution in [0.25, 0.3) is 60.1 Å². The van der Waals surface area contributed by atoms with Gasteiger partial charge in [0.25, 0.3) is 0 Å². The van der Waals surface area contributed by atoms with Crippen LogP contribution in [-0.4, -0.2) is 15.0 Å². The smallest absolute Gasteiger partial charge is 0.148 e. The van der Waals surface area contributed by atoms with E-state index in [0.717, 1.165) is 22.8 Å². The predicted molar refractivity (Wildman–Crippen MR) is 223 cm³/mol. The van der Waals surface area contributed by atoms with Crippen molar-refractivity contribution in [2.45, 2.75) is 18.5 Å². The molecule has 54 heavy (non-hydrogen) atoms. The molecule has 0 fully saturated rings. The molecule has 6 heteroatoms. The number of allylic oxidation sites excluding steroid dienone is 2. The quantitative estimate of drug-likeness (QED) is 0.168. The van der Waals surface area contributed by atoms with E-state index in [1.54, 1.807) is 0 Å². The van der Waals surface area contributed by atoms with Crippen LogP contribution in [0, 0.1) is 0 Å². The molecule has 2 aromatic heterocycles. The first-order valence-corrected chi connectivity index (χ1v) is 18.6. The van der Waals surface area contributed by atoms with Crippen molar-refractivity contribution < 1.29 is 0 Å². The third-order valence-electron chi connectivity index (χ3n) is 11.0. The topological polar surface area (TPSA) is 58.3 Å². The number of dihydropyridines is 1. The molecule has 258 valence electrons. The molecule has 11 rings (SSSR count). The summed E-state index contributed by atoms with van der Waals surface area (Å²) in [5.41, 5.74) is 9.12. The normalized spacial score (nSPS) is 18.6. The van der Waals surface area contributed by atoms with Crippen LogP contribution in [0.1, 0.15) is 29.6 Å². The zero-order valence-corrected chi connectivity index (χ0v) is 29.4. The van der Waals surface area contributed by atoms with Crippen LogP contribution in [0.4, 0.5) is 0 Å². The Bertz CT molecular complexity index is 2980. The summed E-state index contributed by atoms with van der Waals surface area (Å²) in [7, 11) is 0. The number of nitrogens with one attached hydrogen (secondary N) is 3. The average molecular weight is 697 g/mol. The molecule has 0 bridgehead atoms. The number of amidine groups is 1. The van der Waals surface area contributed by atoms with Gasteiger partial charge in [-0.05, 0) is 70.4 Å². The largest absolute Gasteiger partial charge is 0.359 e. The third kappa shape index (κ3) is 4.88. The summed E-state index contributed by atoms with van der Waals surface area (Å²) < 4.78 is 4.84. The van der Waals surface area contributed by atoms with Crippen molar-refractivity contribution in [2.75, 3.05) is 0 Å². The lowest BCUT2D eigenvalue weighted by Crippen LogP contribution is -2.47. The van der Waals surface area contributed by atoms with E-state index in [9.17, 15) is 0 Å². The number of rotatable bonds is 5. The number of aromatic nitrogens is 2. The highest BCUT2D eigenvalue weighted by Gasteiger charge is 2.29. The zero-order valence-electron chi connectivity index (χ0n) is 29.4. The zero-order chi connectivity index (χ0) is 35.6. The molecular weight excluding hydrogens is 661 g/mol. The predicted octanol–water partition coefficient (Wildman–Crippen LogP) is 10.6. The van der Waals surface area contributed by atoms with Gasteiger partial charge in [0.05, 0.1) is 27.8 Å². The van der Waals surface area contributed by atoms with Crippen LogP contribution in [-0.2, 0) is 0 Å². The van der Waals surface area contributed by atoms with Crippen molar-refractivity contribution >= 4 is 60.2 Å². The Balaban J connectivity index is 1.05. The van der Waals surface area contributed by atoms with E-state index in [2.05, 4.69) is 207 Å². The molecule has 0 spiro atoms. The first-order valence-electron chi connectivity index (χ1n) is 18.6. The Labute approximate surface area is 312 Å². The Morgan fingerprint density at radius 2 is 1.19 bits per heavy atom. The molecule has 0 saturated heterocycles. The first kappa shape index (κ1) is 30.7. The van der Waals surface area contributed by atoms with Crippen LogP contribution in [0.2, 0.25) is 0 Å². The van der Waals surface area contributed by atoms with Gasteiger partial charge in [-0.1, -0.05) is 133 Å². The van der Waals surface area contributed by atoms with E-state index < -0.39 is 0 Å². The third-order valence-corrected chi connectivity index (χ3v) is 11.0. The second kappa shape index (κ2) is 12.4. The second-order valence-corrected chi connectivity index (χ2v) is 14.1. The second-order valence-electron chi connectivity index (χ2n) is 14.1. The van der Waals surface area contributed by atoms with Gasteiger partial charge in [-0.25, -0.2) is 4.99 Å². The van der Waals surface area contributed by atoms with Gasteiger partial charge in [0.15, 0.2) is 0 Å². The van der Waals surface area contributed by atoms with Crippen LogP contribution in [0.3, 0.4) is 0 Å². The number of hydrogen-bond acceptors (Lipinski definition) is 4. The number of hydrogen-bond donors (Lipinski definition) is 3. The summed E-state index contributed by atoms with van der Waals surface area (Å²) in [6, 6.07) is 58.5. The van der Waals surface area contributed by atoms with E-state index in [0.29, 0.717) is 0 Å². The molecule has 0 amide bonds. The van der Waals surface area contributed by atoms with Crippen LogP contribution >= 0.6 is 0 Å². The first-order chi connectivity index (χ1) is 26.8. The number of nitrogens with zero attached hydrogens (tertiary/aromatic N) is 3. The van der Waals surface area contributed by atoms with E-state index in [1.807, 2.05) is 0 Å². The SMILES string of the molecule is C1=CC(n2c3ccccc3c3cc4c5ccccc5n(-c5ccccc5)c4cc32)NC(C2=NC(c3ccccc3)NC(c3cccc4ccccc34)N2)=C1. The van der Waals surface area contributed by atoms with Crippen molar-refractivity contribution in [3.05, 3.63) is 199 Å². The minimum atomic E-state index is -0.236. The molecule has 4 heterocycles. The van der Waals surface area contributed by atoms with Crippen LogP contribution in [0.15, 0.2) is 193 Å². The molecule has 7 aromatic carbocycles. The molecule has 0 aliphatic carbocycles. The van der Waals surface area contributed by atoms with E-state index >= 15 is 0 Å². The highest BCUT2D eigenvalue weighted by molar-refractivity contribution is 6.18. The lowest BCUT2D eigenvalue weighted by molar-refractivity contribution is 0.408. The van der Waals surface area contributed by atoms with Gasteiger partial charge in [0.1, 0.15) is 24.3 Å². The Kier molecular flexibility index (Phi) is 7.03. The molecule has 0 saturated carbocycles. The maximum Gasteiger partial charge on any atom is 0.148 e. The minimum Gasteiger partial charge on any atom is -0.359 e. The van der Waals surface area contributed by atoms with Crippen molar-refractivity contribution in [3.63, 3.8) is 0 Å². The lowest BCUT2D eigenvalue weighted by Gasteiger charge is -2.35. The summed E-state index contributed by atoms with van der Waals surface area (Å²) in [6.07, 6.45) is 5.97. The van der Waals surface area contributed by atoms with Crippen molar-refractivity contribution in [1.82, 2.24) is 25.1 Å². The Hall–Kier alpha value is -6.89. The van der Waals surface area contributed by atoms with Gasteiger partial charge in [0.2, 0.25) is 0 Å². The monoisotopic (exact) mass is 696 g/mol. The fourth-order valence-corrected chi connectivity index (χ4v) is 8.59. The number of para-hydroxylation sites is 3. The highest BCUT2D eigenvalue weighted by Crippen LogP contribution is 2.40. The average Bonchev–Trinajstić information content (AvgIpc) is 3.75. The van der Waals surface area contributed by atoms with E-state index in [1.165, 1.54) is 59.9 Å². The van der Waals surface area contributed by atoms with Gasteiger partial charge in [-0.15, -0.1) is 0 Å². The van der Waals surface area contributed by atoms with Gasteiger partial charge in [-0.2, -0.15) is 0 Å². The molecule has 0 radical (unpaired) electrons. The number of aliphatic imine (C=N–C) groups is 1. The van der Waals surface area contributed by atoms with Crippen LogP contribution < -0.4 is 16.0 Å². The maximum atomic E-state index is 5.30. The standard InChI is InChI=1S/C48H36N6/c1-3-16-32(17-4-1)46-50-47(37-24-13-18-31-15-7-8-21-34(31)37)52-48(51-46)40-25-14-28-45(49-40)54-42-27-12-10-23-36(42)39-29-38-35-22-9-11-26-41(35)53(43(38)30-44(39)54)33-19-5-2-6-20-33/h1-30,45-47,49-50H,(H,51,52). The Morgan fingerprint density at radius 3 is 2.02 bits per heavy atom. The number of benzene rings is 7. The molecular formula is C48H36N6. The molecule has 6 nitrogen and oxygen atoms in total. The van der Waals surface area contributed by atoms with Crippen molar-refractivity contribution in [1.29, 1.82) is 0 Å². The summed E-state index contributed by atoms with van der Waals surface area (Å²) in [5.74, 6) is 0.822. The summed E-state index contributed by atoms with van der Waals surface area (Å²) in [6.45, 7) is 0. The number of fused-ring (bicyclic) bond motifs is 7. The van der Waals surface area contributed by atoms with Gasteiger partial charge < -0.3 is 19.8 Å². The van der Waals surface area contributed by atoms with Crippen LogP contribution in [0.5, 0.6) is 0 Å². The molecule has 3 N–H and O–H groups in total. The van der Waals surface area contributed by atoms with Crippen molar-refractivity contribution in [2.24, 2.45) is 4.99 Å². The maximum absolute atomic E-state index is 5.30. The highest BCUT2D eigenvalue weighted by atomic mass is 15.3. The molecule has 9 aromatic rings. The van der Waals surface area contributed by atoms with Gasteiger partial charge in [-0.3, -0.25) is 5.32 Å². The Morgan fingerprint density at radius 1 is 0.519 bits per heavy atom. The summed E-state index contributed by atoms with van der Waals surface area (Å²) in [5, 5.41) is 18.9. The van der Waals surface area contributed by atoms with Crippen molar-refractivity contribution in [3.8, 4) is 5.69 Å². The van der Waals surface area contributed by atoms with E-state index in [-0.39, 0.29) is 18.5 Å². The van der Waals surface area contributed by atoms with E-state index in [4.69, 9.17) is 4.99 Å². The molecule has 2 aliphatic rings. The van der Waals surface area contributed by atoms with Gasteiger partial charge in [0, 0.05) is 27.2 Å². The summed E-state index contributed by atoms with van der Waals surface area (Å²) in [4.78, 5) is 5.30. The van der Waals surface area contributed by atoms with Gasteiger partial charge >= 0.3 is 0 Å². The summed E-state index contributed by atoms with van der Waals surface area (Å²) >= 11 is 0. The fraction of sp³-hybridized carbons (Fsp3) is 0.0625.